The zero-order valence-corrected chi connectivity index (χ0v) is 14.9. The Morgan fingerprint density at radius 2 is 1.79 bits per heavy atom. The molecule has 5 nitrogen and oxygen atoms in total. The lowest BCUT2D eigenvalue weighted by Crippen LogP contribution is -2.36. The fourth-order valence-electron chi connectivity index (χ4n) is 3.56. The van der Waals surface area contributed by atoms with Crippen LogP contribution in [0.2, 0.25) is 0 Å². The molecule has 0 aliphatic carbocycles. The Morgan fingerprint density at radius 3 is 2.50 bits per heavy atom. The van der Waals surface area contributed by atoms with Gasteiger partial charge in [0.2, 0.25) is 6.29 Å². The van der Waals surface area contributed by atoms with Crippen LogP contribution in [0.4, 0.5) is 15.8 Å². The number of fused-ring (bicyclic) bond motifs is 1. The van der Waals surface area contributed by atoms with Gasteiger partial charge in [-0.3, -0.25) is 14.6 Å². The first-order valence-corrected chi connectivity index (χ1v) is 8.75. The number of quaternary nitrogens is 1. The molecule has 0 fully saturated rings. The van der Waals surface area contributed by atoms with E-state index < -0.39 is 5.91 Å². The number of hydrogen-bond donors (Lipinski definition) is 1. The Bertz CT molecular complexity index is 1060. The van der Waals surface area contributed by atoms with Crippen molar-refractivity contribution in [1.29, 1.82) is 0 Å². The van der Waals surface area contributed by atoms with Crippen molar-refractivity contribution in [2.45, 2.75) is 6.54 Å². The number of amides is 1. The van der Waals surface area contributed by atoms with Crippen molar-refractivity contribution < 1.29 is 14.0 Å². The molecular formula is C22H17FN3O2+. The van der Waals surface area contributed by atoms with E-state index in [4.69, 9.17) is 0 Å². The Morgan fingerprint density at radius 1 is 1.04 bits per heavy atom. The van der Waals surface area contributed by atoms with Gasteiger partial charge in [0.15, 0.2) is 5.69 Å². The number of pyridine rings is 1. The van der Waals surface area contributed by atoms with Crippen LogP contribution in [-0.2, 0) is 16.1 Å². The molecule has 0 bridgehead atoms. The second-order valence-corrected chi connectivity index (χ2v) is 6.49. The molecule has 2 heterocycles. The molecule has 1 unspecified atom stereocenters. The predicted molar refractivity (Wildman–Crippen MR) is 104 cm³/mol. The monoisotopic (exact) mass is 374 g/mol. The number of para-hydroxylation sites is 1. The lowest BCUT2D eigenvalue weighted by molar-refractivity contribution is -0.130. The van der Waals surface area contributed by atoms with E-state index in [1.807, 2.05) is 48.7 Å². The summed E-state index contributed by atoms with van der Waals surface area (Å²) in [6.07, 6.45) is 3.83. The Labute approximate surface area is 161 Å². The van der Waals surface area contributed by atoms with Crippen LogP contribution in [0, 0.1) is 5.82 Å². The molecule has 28 heavy (non-hydrogen) atoms. The number of hydrogen-bond acceptors (Lipinski definition) is 3. The number of aromatic nitrogens is 1. The lowest BCUT2D eigenvalue weighted by atomic mass is 10.1. The van der Waals surface area contributed by atoms with E-state index in [1.54, 1.807) is 18.3 Å². The van der Waals surface area contributed by atoms with E-state index >= 15 is 0 Å². The van der Waals surface area contributed by atoms with Crippen LogP contribution in [0.3, 0.4) is 0 Å². The van der Waals surface area contributed by atoms with Crippen molar-refractivity contribution in [3.63, 3.8) is 0 Å². The van der Waals surface area contributed by atoms with E-state index in [2.05, 4.69) is 10.3 Å². The van der Waals surface area contributed by atoms with Gasteiger partial charge in [-0.25, -0.2) is 8.87 Å². The molecule has 6 heteroatoms. The summed E-state index contributed by atoms with van der Waals surface area (Å²) < 4.78 is 13.8. The van der Waals surface area contributed by atoms with Crippen LogP contribution < -0.4 is 9.80 Å². The van der Waals surface area contributed by atoms with Crippen molar-refractivity contribution in [2.24, 2.45) is 0 Å². The lowest BCUT2D eigenvalue weighted by Gasteiger charge is -2.31. The first kappa shape index (κ1) is 17.8. The van der Waals surface area contributed by atoms with Crippen LogP contribution in [-0.4, -0.2) is 17.2 Å². The Hall–Kier alpha value is -3.64. The highest BCUT2D eigenvalue weighted by molar-refractivity contribution is 6.26. The molecule has 1 aromatic heterocycles. The molecule has 1 amide bonds. The Balaban J connectivity index is 1.92. The van der Waals surface area contributed by atoms with Gasteiger partial charge >= 0.3 is 0 Å². The second kappa shape index (κ2) is 7.17. The van der Waals surface area contributed by atoms with E-state index in [0.29, 0.717) is 12.2 Å². The van der Waals surface area contributed by atoms with Gasteiger partial charge in [-0.2, -0.15) is 0 Å². The van der Waals surface area contributed by atoms with Gasteiger partial charge in [-0.15, -0.1) is 0 Å². The third-order valence-corrected chi connectivity index (χ3v) is 4.76. The van der Waals surface area contributed by atoms with Crippen LogP contribution in [0.5, 0.6) is 0 Å². The molecule has 0 saturated heterocycles. The van der Waals surface area contributed by atoms with Gasteiger partial charge in [0.25, 0.3) is 5.91 Å². The van der Waals surface area contributed by atoms with Crippen molar-refractivity contribution in [1.82, 2.24) is 14.8 Å². The van der Waals surface area contributed by atoms with Crippen molar-refractivity contribution in [3.8, 4) is 0 Å². The summed E-state index contributed by atoms with van der Waals surface area (Å²) >= 11 is 0. The minimum absolute atomic E-state index is 0.210. The molecule has 1 aliphatic heterocycles. The number of halogens is 1. The normalized spacial score (nSPS) is 17.5. The number of aldehydes is 1. The summed E-state index contributed by atoms with van der Waals surface area (Å²) in [7, 11) is 0. The summed E-state index contributed by atoms with van der Waals surface area (Å²) in [5, 5.41) is 2.65. The fourth-order valence-corrected chi connectivity index (χ4v) is 3.56. The van der Waals surface area contributed by atoms with Gasteiger partial charge in [-0.1, -0.05) is 18.2 Å². The summed E-state index contributed by atoms with van der Waals surface area (Å²) in [4.78, 5) is 27.1. The van der Waals surface area contributed by atoms with Gasteiger partial charge in [0.1, 0.15) is 29.9 Å². The number of carbonyl (C=O) groups is 2. The smallest absolute Gasteiger partial charge is 0.288 e. The third kappa shape index (κ3) is 3.10. The second-order valence-electron chi connectivity index (χ2n) is 6.49. The summed E-state index contributed by atoms with van der Waals surface area (Å²) in [6.45, 7) is 0.462. The van der Waals surface area contributed by atoms with E-state index in [0.717, 1.165) is 22.6 Å². The highest BCUT2D eigenvalue weighted by Gasteiger charge is 2.41. The standard InChI is InChI=1S/C22H16FN3O2/c23-16-8-10-18(11-9-16)26(13-17-5-3-4-12-24-17)14-20(25-22(28)15-27)19-6-1-2-7-21(19)26/h1-12,14-15H,13H2/p+1. The molecule has 1 aliphatic rings. The molecule has 138 valence electrons. The van der Waals surface area contributed by atoms with E-state index in [9.17, 15) is 14.0 Å². The van der Waals surface area contributed by atoms with Gasteiger partial charge in [0, 0.05) is 24.4 Å². The highest BCUT2D eigenvalue weighted by atomic mass is 19.1. The van der Waals surface area contributed by atoms with Gasteiger partial charge < -0.3 is 5.32 Å². The van der Waals surface area contributed by atoms with Crippen LogP contribution in [0.1, 0.15) is 11.3 Å². The number of carbonyl (C=O) groups excluding carboxylic acids is 2. The minimum atomic E-state index is -0.724. The molecule has 0 radical (unpaired) electrons. The molecule has 0 saturated carbocycles. The number of rotatable bonds is 5. The maximum Gasteiger partial charge on any atom is 0.288 e. The summed E-state index contributed by atoms with van der Waals surface area (Å²) in [5.41, 5.74) is 3.89. The average Bonchev–Trinajstić information content (AvgIpc) is 3.03. The average molecular weight is 374 g/mol. The topological polar surface area (TPSA) is 59.1 Å². The van der Waals surface area contributed by atoms with Crippen molar-refractivity contribution >= 4 is 29.3 Å². The first-order chi connectivity index (χ1) is 13.6. The Kier molecular flexibility index (Phi) is 4.55. The van der Waals surface area contributed by atoms with Crippen LogP contribution in [0.15, 0.2) is 79.1 Å². The third-order valence-electron chi connectivity index (χ3n) is 4.76. The van der Waals surface area contributed by atoms with E-state index in [-0.39, 0.29) is 16.6 Å². The molecule has 0 spiro atoms. The molecular weight excluding hydrogens is 357 g/mol. The van der Waals surface area contributed by atoms with Crippen LogP contribution in [0.25, 0.3) is 5.70 Å². The minimum Gasteiger partial charge on any atom is -0.315 e. The van der Waals surface area contributed by atoms with Crippen LogP contribution >= 0.6 is 0 Å². The molecule has 4 rings (SSSR count). The first-order valence-electron chi connectivity index (χ1n) is 8.75. The molecule has 1 atom stereocenters. The van der Waals surface area contributed by atoms with Crippen molar-refractivity contribution in [2.75, 3.05) is 0 Å². The van der Waals surface area contributed by atoms with Gasteiger partial charge in [-0.05, 0) is 30.3 Å². The molecule has 1 N–H and O–H groups in total. The van der Waals surface area contributed by atoms with E-state index in [1.165, 1.54) is 12.1 Å². The maximum atomic E-state index is 13.6. The molecule has 3 aromatic rings. The highest BCUT2D eigenvalue weighted by Crippen LogP contribution is 2.46. The summed E-state index contributed by atoms with van der Waals surface area (Å²) in [6, 6.07) is 19.5. The largest absolute Gasteiger partial charge is 0.315 e. The zero-order valence-electron chi connectivity index (χ0n) is 14.9. The fraction of sp³-hybridized carbons (Fsp3) is 0.0455. The SMILES string of the molecule is O=CC(=O)NC1=C[N+](Cc2ccccn2)(c2ccc(F)cc2)c2ccccc21. The zero-order chi connectivity index (χ0) is 19.6. The molecule has 2 aromatic carbocycles. The van der Waals surface area contributed by atoms with Gasteiger partial charge in [0.05, 0.1) is 11.3 Å². The predicted octanol–water partition coefficient (Wildman–Crippen LogP) is 3.69. The summed E-state index contributed by atoms with van der Waals surface area (Å²) in [5.74, 6) is -1.05. The maximum absolute atomic E-state index is 13.6. The van der Waals surface area contributed by atoms with Crippen molar-refractivity contribution in [3.05, 3.63) is 96.2 Å². The quantitative estimate of drug-likeness (QED) is 0.421. The number of benzene rings is 2. The number of nitrogens with zero attached hydrogens (tertiary/aromatic N) is 2. The number of nitrogens with one attached hydrogen (secondary N) is 1.